The summed E-state index contributed by atoms with van der Waals surface area (Å²) >= 11 is 0. The zero-order valence-corrected chi connectivity index (χ0v) is 9.31. The van der Waals surface area contributed by atoms with Gasteiger partial charge in [-0.2, -0.15) is 0 Å². The van der Waals surface area contributed by atoms with Crippen LogP contribution < -0.4 is 5.32 Å². The van der Waals surface area contributed by atoms with Crippen LogP contribution in [0.15, 0.2) is 0 Å². The monoisotopic (exact) mass is 183 g/mol. The minimum atomic E-state index is 0.836. The smallest absolute Gasteiger partial charge is 0.00671 e. The first-order chi connectivity index (χ1) is 6.36. The van der Waals surface area contributed by atoms with Crippen LogP contribution in [0.4, 0.5) is 0 Å². The summed E-state index contributed by atoms with van der Waals surface area (Å²) < 4.78 is 0. The zero-order chi connectivity index (χ0) is 9.52. The molecule has 0 heterocycles. The molecule has 0 aromatic rings. The zero-order valence-electron chi connectivity index (χ0n) is 9.31. The fraction of sp³-hybridized carbons (Fsp3) is 1.00. The third-order valence-corrected chi connectivity index (χ3v) is 3.31. The summed E-state index contributed by atoms with van der Waals surface area (Å²) in [6, 6.07) is 0.836. The van der Waals surface area contributed by atoms with Gasteiger partial charge in [0, 0.05) is 6.04 Å². The standard InChI is InChI=1S/C12H25N/c1-3-5-6-11-7-9-12(10-8-11)13-4-2/h11-13H,3-10H2,1-2H3. The molecule has 1 aliphatic carbocycles. The van der Waals surface area contributed by atoms with Crippen molar-refractivity contribution in [2.75, 3.05) is 6.54 Å². The lowest BCUT2D eigenvalue weighted by molar-refractivity contribution is 0.278. The Hall–Kier alpha value is -0.0400. The minimum Gasteiger partial charge on any atom is -0.314 e. The Morgan fingerprint density at radius 1 is 1.08 bits per heavy atom. The summed E-state index contributed by atoms with van der Waals surface area (Å²) in [6.45, 7) is 5.65. The van der Waals surface area contributed by atoms with Gasteiger partial charge in [-0.1, -0.05) is 33.1 Å². The van der Waals surface area contributed by atoms with E-state index in [1.54, 1.807) is 0 Å². The van der Waals surface area contributed by atoms with Gasteiger partial charge in [0.1, 0.15) is 0 Å². The van der Waals surface area contributed by atoms with Crippen LogP contribution in [0.3, 0.4) is 0 Å². The highest BCUT2D eigenvalue weighted by atomic mass is 14.9. The van der Waals surface area contributed by atoms with Gasteiger partial charge in [0.2, 0.25) is 0 Å². The Kier molecular flexibility index (Phi) is 5.45. The first-order valence-corrected chi connectivity index (χ1v) is 6.10. The predicted octanol–water partition coefficient (Wildman–Crippen LogP) is 3.34. The minimum absolute atomic E-state index is 0.836. The summed E-state index contributed by atoms with van der Waals surface area (Å²) in [5.74, 6) is 1.05. The van der Waals surface area contributed by atoms with E-state index in [0.29, 0.717) is 0 Å². The van der Waals surface area contributed by atoms with E-state index in [1.807, 2.05) is 0 Å². The molecule has 0 atom stereocenters. The van der Waals surface area contributed by atoms with E-state index in [1.165, 1.54) is 44.9 Å². The van der Waals surface area contributed by atoms with E-state index < -0.39 is 0 Å². The SMILES string of the molecule is CCCCC1CCC(NCC)CC1. The lowest BCUT2D eigenvalue weighted by Crippen LogP contribution is -2.32. The third kappa shape index (κ3) is 4.12. The molecule has 0 radical (unpaired) electrons. The number of hydrogen-bond donors (Lipinski definition) is 1. The third-order valence-electron chi connectivity index (χ3n) is 3.31. The molecule has 0 unspecified atom stereocenters. The molecule has 0 bridgehead atoms. The van der Waals surface area contributed by atoms with Gasteiger partial charge in [-0.15, -0.1) is 0 Å². The highest BCUT2D eigenvalue weighted by molar-refractivity contribution is 4.76. The Morgan fingerprint density at radius 3 is 2.31 bits per heavy atom. The number of unbranched alkanes of at least 4 members (excludes halogenated alkanes) is 1. The van der Waals surface area contributed by atoms with Gasteiger partial charge in [0.15, 0.2) is 0 Å². The summed E-state index contributed by atoms with van der Waals surface area (Å²) in [7, 11) is 0. The lowest BCUT2D eigenvalue weighted by atomic mass is 9.83. The van der Waals surface area contributed by atoms with Crippen LogP contribution >= 0.6 is 0 Å². The van der Waals surface area contributed by atoms with Crippen LogP contribution in [0, 0.1) is 5.92 Å². The molecule has 0 aliphatic heterocycles. The maximum absolute atomic E-state index is 3.56. The summed E-state index contributed by atoms with van der Waals surface area (Å²) in [5, 5.41) is 3.56. The Bertz CT molecular complexity index is 114. The molecule has 1 nitrogen and oxygen atoms in total. The maximum Gasteiger partial charge on any atom is 0.00671 e. The van der Waals surface area contributed by atoms with Crippen molar-refractivity contribution >= 4 is 0 Å². The first kappa shape index (κ1) is 11.0. The van der Waals surface area contributed by atoms with E-state index in [2.05, 4.69) is 19.2 Å². The Balaban J connectivity index is 2.08. The highest BCUT2D eigenvalue weighted by Gasteiger charge is 2.19. The van der Waals surface area contributed by atoms with Crippen molar-refractivity contribution in [2.45, 2.75) is 64.8 Å². The normalized spacial score (nSPS) is 29.1. The van der Waals surface area contributed by atoms with Gasteiger partial charge < -0.3 is 5.32 Å². The fourth-order valence-electron chi connectivity index (χ4n) is 2.44. The molecule has 1 aliphatic rings. The molecular formula is C12H25N. The average Bonchev–Trinajstić information content (AvgIpc) is 2.17. The van der Waals surface area contributed by atoms with Gasteiger partial charge in [-0.25, -0.2) is 0 Å². The molecule has 0 amide bonds. The number of hydrogen-bond acceptors (Lipinski definition) is 1. The van der Waals surface area contributed by atoms with Crippen LogP contribution in [0.2, 0.25) is 0 Å². The van der Waals surface area contributed by atoms with E-state index in [0.717, 1.165) is 18.5 Å². The summed E-state index contributed by atoms with van der Waals surface area (Å²) in [4.78, 5) is 0. The van der Waals surface area contributed by atoms with E-state index in [9.17, 15) is 0 Å². The molecule has 1 fully saturated rings. The van der Waals surface area contributed by atoms with Crippen molar-refractivity contribution in [2.24, 2.45) is 5.92 Å². The molecule has 1 saturated carbocycles. The van der Waals surface area contributed by atoms with Gasteiger partial charge in [-0.05, 0) is 38.1 Å². The molecule has 0 saturated heterocycles. The van der Waals surface area contributed by atoms with Gasteiger partial charge in [0.05, 0.1) is 0 Å². The summed E-state index contributed by atoms with van der Waals surface area (Å²) in [6.07, 6.45) is 10.1. The molecule has 0 spiro atoms. The van der Waals surface area contributed by atoms with E-state index >= 15 is 0 Å². The van der Waals surface area contributed by atoms with Crippen LogP contribution in [0.25, 0.3) is 0 Å². The van der Waals surface area contributed by atoms with Crippen LogP contribution in [0.5, 0.6) is 0 Å². The van der Waals surface area contributed by atoms with Gasteiger partial charge >= 0.3 is 0 Å². The Labute approximate surface area is 83.3 Å². The van der Waals surface area contributed by atoms with Crippen LogP contribution in [-0.4, -0.2) is 12.6 Å². The first-order valence-electron chi connectivity index (χ1n) is 6.10. The second-order valence-electron chi connectivity index (χ2n) is 4.42. The Morgan fingerprint density at radius 2 is 1.77 bits per heavy atom. The lowest BCUT2D eigenvalue weighted by Gasteiger charge is -2.28. The molecule has 1 rings (SSSR count). The van der Waals surface area contributed by atoms with Crippen molar-refractivity contribution in [3.63, 3.8) is 0 Å². The molecule has 0 aromatic carbocycles. The molecule has 1 N–H and O–H groups in total. The molecule has 0 aromatic heterocycles. The van der Waals surface area contributed by atoms with Gasteiger partial charge in [0.25, 0.3) is 0 Å². The highest BCUT2D eigenvalue weighted by Crippen LogP contribution is 2.27. The van der Waals surface area contributed by atoms with Crippen LogP contribution in [-0.2, 0) is 0 Å². The second-order valence-corrected chi connectivity index (χ2v) is 4.42. The topological polar surface area (TPSA) is 12.0 Å². The van der Waals surface area contributed by atoms with Crippen LogP contribution in [0.1, 0.15) is 58.8 Å². The molecule has 13 heavy (non-hydrogen) atoms. The van der Waals surface area contributed by atoms with Gasteiger partial charge in [-0.3, -0.25) is 0 Å². The largest absolute Gasteiger partial charge is 0.314 e. The quantitative estimate of drug-likeness (QED) is 0.689. The molecule has 78 valence electrons. The predicted molar refractivity (Wildman–Crippen MR) is 58.9 cm³/mol. The van der Waals surface area contributed by atoms with Crippen molar-refractivity contribution < 1.29 is 0 Å². The summed E-state index contributed by atoms with van der Waals surface area (Å²) in [5.41, 5.74) is 0. The van der Waals surface area contributed by atoms with Crippen molar-refractivity contribution in [1.29, 1.82) is 0 Å². The van der Waals surface area contributed by atoms with E-state index in [4.69, 9.17) is 0 Å². The maximum atomic E-state index is 3.56. The molecular weight excluding hydrogens is 158 g/mol. The van der Waals surface area contributed by atoms with E-state index in [-0.39, 0.29) is 0 Å². The second kappa shape index (κ2) is 6.42. The van der Waals surface area contributed by atoms with Crippen molar-refractivity contribution in [3.8, 4) is 0 Å². The average molecular weight is 183 g/mol. The van der Waals surface area contributed by atoms with Crippen molar-refractivity contribution in [1.82, 2.24) is 5.32 Å². The fourth-order valence-corrected chi connectivity index (χ4v) is 2.44. The molecule has 1 heteroatoms. The number of nitrogens with one attached hydrogen (secondary N) is 1. The number of rotatable bonds is 5. The van der Waals surface area contributed by atoms with Crippen molar-refractivity contribution in [3.05, 3.63) is 0 Å².